The Kier molecular flexibility index (Phi) is 4.81. The molecule has 2 aromatic heterocycles. The number of benzene rings is 2. The first-order chi connectivity index (χ1) is 14.6. The van der Waals surface area contributed by atoms with Crippen LogP contribution in [0.4, 0.5) is 11.5 Å². The van der Waals surface area contributed by atoms with Crippen molar-refractivity contribution in [2.24, 2.45) is 0 Å². The molecule has 1 aliphatic rings. The van der Waals surface area contributed by atoms with Gasteiger partial charge in [0.05, 0.1) is 34.9 Å². The number of H-pyrrole nitrogens is 1. The largest absolute Gasteiger partial charge is 0.488 e. The van der Waals surface area contributed by atoms with Crippen LogP contribution < -0.4 is 9.64 Å². The highest BCUT2D eigenvalue weighted by atomic mass is 35.5. The fourth-order valence-corrected chi connectivity index (χ4v) is 4.01. The molecule has 0 fully saturated rings. The number of anilines is 2. The zero-order chi connectivity index (χ0) is 20.7. The summed E-state index contributed by atoms with van der Waals surface area (Å²) in [5.74, 6) is 2.38. The lowest BCUT2D eigenvalue weighted by Crippen LogP contribution is -2.43. The normalized spacial score (nSPS) is 15.8. The number of para-hydroxylation sites is 1. The minimum atomic E-state index is 0.0161. The van der Waals surface area contributed by atoms with E-state index in [9.17, 15) is 0 Å². The molecule has 4 aromatic rings. The first-order valence-corrected chi connectivity index (χ1v) is 10.1. The van der Waals surface area contributed by atoms with Gasteiger partial charge in [-0.05, 0) is 48.9 Å². The van der Waals surface area contributed by atoms with Crippen LogP contribution in [0.25, 0.3) is 22.4 Å². The van der Waals surface area contributed by atoms with Crippen molar-refractivity contribution < 1.29 is 9.47 Å². The maximum Gasteiger partial charge on any atom is 0.154 e. The number of imidazole rings is 1. The number of nitrogens with one attached hydrogen (secondary N) is 1. The number of aromatic amines is 1. The van der Waals surface area contributed by atoms with E-state index in [0.29, 0.717) is 18.2 Å². The van der Waals surface area contributed by atoms with Gasteiger partial charge in [0, 0.05) is 18.3 Å². The van der Waals surface area contributed by atoms with Crippen molar-refractivity contribution in [1.82, 2.24) is 15.0 Å². The number of pyridine rings is 1. The van der Waals surface area contributed by atoms with Crippen molar-refractivity contribution >= 4 is 34.1 Å². The number of hydrogen-bond acceptors (Lipinski definition) is 5. The number of hydrogen-bond donors (Lipinski definition) is 1. The van der Waals surface area contributed by atoms with Crippen LogP contribution >= 0.6 is 11.6 Å². The zero-order valence-electron chi connectivity index (χ0n) is 16.7. The number of aryl methyl sites for hydroxylation is 1. The molecule has 5 rings (SSSR count). The first-order valence-electron chi connectivity index (χ1n) is 9.76. The Morgan fingerprint density at radius 3 is 2.93 bits per heavy atom. The van der Waals surface area contributed by atoms with Crippen LogP contribution in [0.3, 0.4) is 0 Å². The van der Waals surface area contributed by atoms with Crippen molar-refractivity contribution in [3.05, 3.63) is 65.3 Å². The molecule has 30 heavy (non-hydrogen) atoms. The molecular weight excluding hydrogens is 400 g/mol. The van der Waals surface area contributed by atoms with E-state index in [4.69, 9.17) is 26.1 Å². The van der Waals surface area contributed by atoms with Crippen molar-refractivity contribution in [2.75, 3.05) is 25.2 Å². The van der Waals surface area contributed by atoms with Gasteiger partial charge in [-0.1, -0.05) is 23.7 Å². The van der Waals surface area contributed by atoms with E-state index in [1.165, 1.54) is 0 Å². The fraction of sp³-hybridized carbons (Fsp3) is 0.217. The molecule has 2 aromatic carbocycles. The van der Waals surface area contributed by atoms with Crippen molar-refractivity contribution in [3.63, 3.8) is 0 Å². The molecule has 1 N–H and O–H groups in total. The summed E-state index contributed by atoms with van der Waals surface area (Å²) in [6, 6.07) is 15.8. The minimum Gasteiger partial charge on any atom is -0.488 e. The van der Waals surface area contributed by atoms with Gasteiger partial charge in [-0.15, -0.1) is 0 Å². The molecule has 6 nitrogen and oxygen atoms in total. The second-order valence-electron chi connectivity index (χ2n) is 7.38. The van der Waals surface area contributed by atoms with Crippen LogP contribution in [0, 0.1) is 6.92 Å². The molecule has 7 heteroatoms. The molecule has 152 valence electrons. The van der Waals surface area contributed by atoms with Crippen LogP contribution in [0.2, 0.25) is 5.02 Å². The van der Waals surface area contributed by atoms with Gasteiger partial charge < -0.3 is 19.4 Å². The van der Waals surface area contributed by atoms with Crippen LogP contribution in [0.5, 0.6) is 5.75 Å². The summed E-state index contributed by atoms with van der Waals surface area (Å²) in [7, 11) is 1.70. The van der Waals surface area contributed by atoms with Crippen molar-refractivity contribution in [3.8, 4) is 17.1 Å². The smallest absolute Gasteiger partial charge is 0.154 e. The Labute approximate surface area is 179 Å². The van der Waals surface area contributed by atoms with Gasteiger partial charge in [0.15, 0.2) is 5.75 Å². The lowest BCUT2D eigenvalue weighted by atomic mass is 10.1. The summed E-state index contributed by atoms with van der Waals surface area (Å²) in [5, 5.41) is 0.670. The van der Waals surface area contributed by atoms with Crippen LogP contribution in [-0.4, -0.2) is 41.3 Å². The second-order valence-corrected chi connectivity index (χ2v) is 7.82. The van der Waals surface area contributed by atoms with Gasteiger partial charge in [-0.2, -0.15) is 0 Å². The van der Waals surface area contributed by atoms with Gasteiger partial charge >= 0.3 is 0 Å². The Morgan fingerprint density at radius 1 is 1.23 bits per heavy atom. The van der Waals surface area contributed by atoms with E-state index < -0.39 is 0 Å². The van der Waals surface area contributed by atoms with E-state index in [1.807, 2.05) is 55.6 Å². The number of halogens is 1. The maximum atomic E-state index is 6.23. The number of rotatable bonds is 4. The number of methoxy groups -OCH3 is 1. The fourth-order valence-electron chi connectivity index (χ4n) is 3.84. The average Bonchev–Trinajstić information content (AvgIpc) is 3.17. The third kappa shape index (κ3) is 3.28. The highest BCUT2D eigenvalue weighted by Crippen LogP contribution is 2.44. The van der Waals surface area contributed by atoms with E-state index in [2.05, 4.69) is 20.9 Å². The third-order valence-electron chi connectivity index (χ3n) is 5.24. The lowest BCUT2D eigenvalue weighted by molar-refractivity contribution is 0.146. The van der Waals surface area contributed by atoms with Crippen LogP contribution in [0.15, 0.2) is 54.7 Å². The van der Waals surface area contributed by atoms with Crippen LogP contribution in [0.1, 0.15) is 5.56 Å². The Bertz CT molecular complexity index is 1210. The lowest BCUT2D eigenvalue weighted by Gasteiger charge is -2.38. The molecular formula is C23H21ClN4O2. The first kappa shape index (κ1) is 18.9. The highest BCUT2D eigenvalue weighted by molar-refractivity contribution is 6.31. The Morgan fingerprint density at radius 2 is 2.13 bits per heavy atom. The summed E-state index contributed by atoms with van der Waals surface area (Å²) in [6.45, 7) is 3.05. The van der Waals surface area contributed by atoms with E-state index in [0.717, 1.165) is 45.2 Å². The van der Waals surface area contributed by atoms with Gasteiger partial charge in [0.25, 0.3) is 0 Å². The highest BCUT2D eigenvalue weighted by Gasteiger charge is 2.32. The van der Waals surface area contributed by atoms with Crippen LogP contribution in [-0.2, 0) is 4.74 Å². The summed E-state index contributed by atoms with van der Waals surface area (Å²) >= 11 is 6.14. The molecule has 0 spiro atoms. The molecule has 0 amide bonds. The van der Waals surface area contributed by atoms with Gasteiger partial charge in [-0.3, -0.25) is 0 Å². The summed E-state index contributed by atoms with van der Waals surface area (Å²) < 4.78 is 11.7. The number of fused-ring (bicyclic) bond motifs is 2. The topological polar surface area (TPSA) is 63.3 Å². The predicted octanol–water partition coefficient (Wildman–Crippen LogP) is 5.13. The zero-order valence-corrected chi connectivity index (χ0v) is 17.5. The third-order valence-corrected chi connectivity index (χ3v) is 5.47. The predicted molar refractivity (Wildman–Crippen MR) is 119 cm³/mol. The number of ether oxygens (including phenoxy) is 2. The number of aromatic nitrogens is 3. The van der Waals surface area contributed by atoms with E-state index in [1.54, 1.807) is 7.11 Å². The monoisotopic (exact) mass is 420 g/mol. The minimum absolute atomic E-state index is 0.0161. The van der Waals surface area contributed by atoms with Gasteiger partial charge in [0.2, 0.25) is 0 Å². The van der Waals surface area contributed by atoms with E-state index in [-0.39, 0.29) is 6.04 Å². The maximum absolute atomic E-state index is 6.23. The second kappa shape index (κ2) is 7.63. The van der Waals surface area contributed by atoms with Crippen molar-refractivity contribution in [1.29, 1.82) is 0 Å². The molecule has 0 radical (unpaired) electrons. The van der Waals surface area contributed by atoms with Gasteiger partial charge in [-0.25, -0.2) is 9.97 Å². The average molecular weight is 421 g/mol. The molecule has 0 saturated carbocycles. The summed E-state index contributed by atoms with van der Waals surface area (Å²) in [4.78, 5) is 15.0. The summed E-state index contributed by atoms with van der Waals surface area (Å²) in [6.07, 6.45) is 1.88. The molecule has 1 atom stereocenters. The molecule has 0 aliphatic carbocycles. The van der Waals surface area contributed by atoms with E-state index >= 15 is 0 Å². The standard InChI is InChI=1S/C23H21ClN4O2/c1-14-6-9-21(25-11-14)28-16(12-29-2)13-30-22-17(4-3-5-20(22)28)23-26-18-8-7-15(24)10-19(18)27-23/h3-11,16H,12-13H2,1-2H3,(H,26,27)/t16-/m0/s1. The molecule has 3 heterocycles. The Balaban J connectivity index is 1.64. The van der Waals surface area contributed by atoms with Crippen molar-refractivity contribution in [2.45, 2.75) is 13.0 Å². The SMILES string of the molecule is COC[C@H]1COc2c(-c3nc4ccc(Cl)cc4[nH]3)cccc2N1c1ccc(C)cn1. The molecule has 0 bridgehead atoms. The Hall–Kier alpha value is -3.09. The quantitative estimate of drug-likeness (QED) is 0.495. The van der Waals surface area contributed by atoms with Gasteiger partial charge in [0.1, 0.15) is 18.2 Å². The number of nitrogens with zero attached hydrogens (tertiary/aromatic N) is 3. The molecule has 0 unspecified atom stereocenters. The molecule has 1 aliphatic heterocycles. The molecule has 0 saturated heterocycles. The summed E-state index contributed by atoms with van der Waals surface area (Å²) in [5.41, 5.74) is 4.70.